The van der Waals surface area contributed by atoms with Crippen molar-refractivity contribution in [2.24, 2.45) is 0 Å². The Morgan fingerprint density at radius 2 is 1.67 bits per heavy atom. The van der Waals surface area contributed by atoms with Gasteiger partial charge in [0.2, 0.25) is 0 Å². The highest BCUT2D eigenvalue weighted by molar-refractivity contribution is 7.80. The molecule has 0 aliphatic rings. The Bertz CT molecular complexity index is 1400. The molecule has 10 heteroatoms. The summed E-state index contributed by atoms with van der Waals surface area (Å²) >= 11 is 11.8. The first-order valence-corrected chi connectivity index (χ1v) is 12.7. The average molecular weight is 571 g/mol. The highest BCUT2D eigenvalue weighted by Crippen LogP contribution is 2.37. The van der Waals surface area contributed by atoms with Gasteiger partial charge in [0.05, 0.1) is 22.8 Å². The molecule has 4 aromatic rings. The summed E-state index contributed by atoms with van der Waals surface area (Å²) in [5.74, 6) is 0.253. The molecule has 1 N–H and O–H groups in total. The Labute approximate surface area is 235 Å². The average Bonchev–Trinajstić information content (AvgIpc) is 2.91. The molecule has 0 unspecified atom stereocenters. The number of rotatable bonds is 8. The fourth-order valence-electron chi connectivity index (χ4n) is 3.70. The van der Waals surface area contributed by atoms with E-state index in [9.17, 15) is 13.2 Å². The standard InChI is InChI=1S/C29H26ClF3N4OS/c1-36(2)24-11-6-20(7-12-24)18-37(19-23-5-3-4-16-34-23)28(39)35-22-9-13-25(14-10-22)38-27-17-21(29(31,32)33)8-15-26(27)30/h3-17H,18-19H2,1-2H3,(H,35,39). The van der Waals surface area contributed by atoms with Crippen molar-refractivity contribution >= 4 is 40.3 Å². The molecule has 0 fully saturated rings. The van der Waals surface area contributed by atoms with E-state index in [-0.39, 0.29) is 10.8 Å². The van der Waals surface area contributed by atoms with Crippen molar-refractivity contribution in [3.05, 3.63) is 113 Å². The smallest absolute Gasteiger partial charge is 0.416 e. The van der Waals surface area contributed by atoms with Gasteiger partial charge in [-0.3, -0.25) is 4.98 Å². The molecule has 4 rings (SSSR count). The summed E-state index contributed by atoms with van der Waals surface area (Å²) in [6, 6.07) is 23.6. The number of nitrogens with one attached hydrogen (secondary N) is 1. The number of aromatic nitrogens is 1. The van der Waals surface area contributed by atoms with Gasteiger partial charge < -0.3 is 19.9 Å². The van der Waals surface area contributed by atoms with Crippen molar-refractivity contribution in [3.63, 3.8) is 0 Å². The van der Waals surface area contributed by atoms with Gasteiger partial charge in [-0.05, 0) is 84.5 Å². The fraction of sp³-hybridized carbons (Fsp3) is 0.172. The van der Waals surface area contributed by atoms with Crippen LogP contribution in [0, 0.1) is 0 Å². The number of pyridine rings is 1. The first kappa shape index (κ1) is 28.2. The summed E-state index contributed by atoms with van der Waals surface area (Å²) in [6.45, 7) is 1.06. The van der Waals surface area contributed by atoms with E-state index in [2.05, 4.69) is 34.6 Å². The summed E-state index contributed by atoms with van der Waals surface area (Å²) in [5.41, 5.74) is 2.91. The van der Waals surface area contributed by atoms with Gasteiger partial charge in [-0.15, -0.1) is 0 Å². The fourth-order valence-corrected chi connectivity index (χ4v) is 4.10. The van der Waals surface area contributed by atoms with Crippen molar-refractivity contribution < 1.29 is 17.9 Å². The lowest BCUT2D eigenvalue weighted by Gasteiger charge is -2.26. The molecule has 1 aromatic heterocycles. The van der Waals surface area contributed by atoms with Crippen LogP contribution in [0.3, 0.4) is 0 Å². The molecule has 0 spiro atoms. The predicted octanol–water partition coefficient (Wildman–Crippen LogP) is 8.01. The van der Waals surface area contributed by atoms with Gasteiger partial charge in [0.1, 0.15) is 11.5 Å². The number of nitrogens with zero attached hydrogens (tertiary/aromatic N) is 3. The van der Waals surface area contributed by atoms with Gasteiger partial charge >= 0.3 is 6.18 Å². The molecule has 0 amide bonds. The Kier molecular flexibility index (Phi) is 8.93. The zero-order valence-corrected chi connectivity index (χ0v) is 22.8. The van der Waals surface area contributed by atoms with Crippen molar-refractivity contribution in [2.45, 2.75) is 19.3 Å². The van der Waals surface area contributed by atoms with Crippen molar-refractivity contribution in [1.29, 1.82) is 0 Å². The largest absolute Gasteiger partial charge is 0.456 e. The van der Waals surface area contributed by atoms with Gasteiger partial charge in [0, 0.05) is 38.2 Å². The SMILES string of the molecule is CN(C)c1ccc(CN(Cc2ccccn2)C(=S)Nc2ccc(Oc3cc(C(F)(F)F)ccc3Cl)cc2)cc1. The third-order valence-corrected chi connectivity index (χ3v) is 6.46. The number of hydrogen-bond acceptors (Lipinski definition) is 4. The van der Waals surface area contributed by atoms with Gasteiger partial charge in [-0.2, -0.15) is 13.2 Å². The van der Waals surface area contributed by atoms with Crippen LogP contribution in [0.4, 0.5) is 24.5 Å². The molecule has 0 radical (unpaired) electrons. The molecule has 39 heavy (non-hydrogen) atoms. The molecule has 0 aliphatic carbocycles. The zero-order chi connectivity index (χ0) is 28.0. The van der Waals surface area contributed by atoms with Crippen LogP contribution in [0.25, 0.3) is 0 Å². The molecule has 0 saturated heterocycles. The summed E-state index contributed by atoms with van der Waals surface area (Å²) < 4.78 is 44.8. The molecule has 3 aromatic carbocycles. The molecule has 0 atom stereocenters. The molecular formula is C29H26ClF3N4OS. The van der Waals surface area contributed by atoms with E-state index in [4.69, 9.17) is 28.6 Å². The Morgan fingerprint density at radius 3 is 2.28 bits per heavy atom. The Balaban J connectivity index is 1.47. The minimum Gasteiger partial charge on any atom is -0.456 e. The van der Waals surface area contributed by atoms with E-state index in [1.807, 2.05) is 42.1 Å². The van der Waals surface area contributed by atoms with E-state index in [1.165, 1.54) is 0 Å². The van der Waals surface area contributed by atoms with Gasteiger partial charge in [-0.25, -0.2) is 0 Å². The quantitative estimate of drug-likeness (QED) is 0.216. The number of benzene rings is 3. The summed E-state index contributed by atoms with van der Waals surface area (Å²) in [4.78, 5) is 8.48. The number of anilines is 2. The number of halogens is 4. The highest BCUT2D eigenvalue weighted by Gasteiger charge is 2.31. The summed E-state index contributed by atoms with van der Waals surface area (Å²) in [5, 5.41) is 3.81. The van der Waals surface area contributed by atoms with Crippen molar-refractivity contribution in [3.8, 4) is 11.5 Å². The van der Waals surface area contributed by atoms with Crippen LogP contribution in [0.2, 0.25) is 5.02 Å². The molecule has 0 aliphatic heterocycles. The lowest BCUT2D eigenvalue weighted by Crippen LogP contribution is -2.34. The maximum atomic E-state index is 13.1. The minimum atomic E-state index is -4.50. The van der Waals surface area contributed by atoms with Gasteiger partial charge in [-0.1, -0.05) is 29.8 Å². The van der Waals surface area contributed by atoms with Crippen LogP contribution >= 0.6 is 23.8 Å². The van der Waals surface area contributed by atoms with Crippen LogP contribution in [-0.2, 0) is 19.3 Å². The van der Waals surface area contributed by atoms with Crippen LogP contribution in [0.5, 0.6) is 11.5 Å². The molecule has 5 nitrogen and oxygen atoms in total. The zero-order valence-electron chi connectivity index (χ0n) is 21.2. The maximum Gasteiger partial charge on any atom is 0.416 e. The maximum absolute atomic E-state index is 13.1. The van der Waals surface area contributed by atoms with E-state index < -0.39 is 11.7 Å². The normalized spacial score (nSPS) is 11.1. The van der Waals surface area contributed by atoms with Crippen LogP contribution in [-0.4, -0.2) is 29.1 Å². The Hall–Kier alpha value is -3.82. The van der Waals surface area contributed by atoms with Crippen molar-refractivity contribution in [2.75, 3.05) is 24.3 Å². The second-order valence-electron chi connectivity index (χ2n) is 8.94. The molecular weight excluding hydrogens is 545 g/mol. The number of hydrogen-bond donors (Lipinski definition) is 1. The molecule has 0 saturated carbocycles. The van der Waals surface area contributed by atoms with E-state index in [0.29, 0.717) is 29.6 Å². The van der Waals surface area contributed by atoms with Crippen LogP contribution in [0.1, 0.15) is 16.8 Å². The first-order valence-electron chi connectivity index (χ1n) is 12.0. The predicted molar refractivity (Wildman–Crippen MR) is 153 cm³/mol. The van der Waals surface area contributed by atoms with Crippen LogP contribution in [0.15, 0.2) is 91.1 Å². The molecule has 0 bridgehead atoms. The lowest BCUT2D eigenvalue weighted by molar-refractivity contribution is -0.137. The van der Waals surface area contributed by atoms with Crippen LogP contribution < -0.4 is 15.0 Å². The number of alkyl halides is 3. The highest BCUT2D eigenvalue weighted by atomic mass is 35.5. The summed E-state index contributed by atoms with van der Waals surface area (Å²) in [7, 11) is 3.98. The third kappa shape index (κ3) is 7.84. The van der Waals surface area contributed by atoms with Gasteiger partial charge in [0.15, 0.2) is 5.11 Å². The monoisotopic (exact) mass is 570 g/mol. The van der Waals surface area contributed by atoms with E-state index in [0.717, 1.165) is 35.1 Å². The minimum absolute atomic E-state index is 0.0788. The summed E-state index contributed by atoms with van der Waals surface area (Å²) in [6.07, 6.45) is -2.76. The molecule has 1 heterocycles. The number of thiocarbonyl (C=S) groups is 1. The van der Waals surface area contributed by atoms with E-state index in [1.54, 1.807) is 30.5 Å². The lowest BCUT2D eigenvalue weighted by atomic mass is 10.2. The molecule has 202 valence electrons. The number of ether oxygens (including phenoxy) is 1. The van der Waals surface area contributed by atoms with Gasteiger partial charge in [0.25, 0.3) is 0 Å². The Morgan fingerprint density at radius 1 is 0.949 bits per heavy atom. The van der Waals surface area contributed by atoms with E-state index >= 15 is 0 Å². The first-order chi connectivity index (χ1) is 18.6. The second-order valence-corrected chi connectivity index (χ2v) is 9.73. The topological polar surface area (TPSA) is 40.6 Å². The third-order valence-electron chi connectivity index (χ3n) is 5.78. The van der Waals surface area contributed by atoms with Crippen molar-refractivity contribution in [1.82, 2.24) is 9.88 Å². The second kappa shape index (κ2) is 12.4.